The number of ether oxygens (including phenoxy) is 3. The lowest BCUT2D eigenvalue weighted by atomic mass is 10.1. The molecule has 0 aliphatic carbocycles. The zero-order valence-electron chi connectivity index (χ0n) is 45.2. The van der Waals surface area contributed by atoms with Gasteiger partial charge in [0.25, 0.3) is 0 Å². The molecule has 0 aliphatic heterocycles. The van der Waals surface area contributed by atoms with Crippen molar-refractivity contribution in [2.45, 2.75) is 252 Å². The van der Waals surface area contributed by atoms with Gasteiger partial charge in [0.15, 0.2) is 6.10 Å². The normalized spacial score (nSPS) is 13.0. The third-order valence-electron chi connectivity index (χ3n) is 11.9. The van der Waals surface area contributed by atoms with E-state index in [1.54, 1.807) is 0 Å². The van der Waals surface area contributed by atoms with Crippen molar-refractivity contribution in [1.29, 1.82) is 0 Å². The lowest BCUT2D eigenvalue weighted by Crippen LogP contribution is -2.30. The lowest BCUT2D eigenvalue weighted by molar-refractivity contribution is -0.167. The van der Waals surface area contributed by atoms with Gasteiger partial charge in [-0.1, -0.05) is 251 Å². The van der Waals surface area contributed by atoms with E-state index < -0.39 is 6.10 Å². The number of carbonyl (C=O) groups is 3. The summed E-state index contributed by atoms with van der Waals surface area (Å²) in [4.78, 5) is 38.2. The van der Waals surface area contributed by atoms with Crippen molar-refractivity contribution in [2.24, 2.45) is 0 Å². The van der Waals surface area contributed by atoms with E-state index in [-0.39, 0.29) is 31.1 Å². The average molecular weight is 970 g/mol. The summed E-state index contributed by atoms with van der Waals surface area (Å²) in [7, 11) is 0. The molecule has 0 radical (unpaired) electrons. The van der Waals surface area contributed by atoms with Crippen molar-refractivity contribution >= 4 is 17.9 Å². The van der Waals surface area contributed by atoms with E-state index in [4.69, 9.17) is 14.2 Å². The van der Waals surface area contributed by atoms with Gasteiger partial charge in [-0.3, -0.25) is 14.4 Å². The van der Waals surface area contributed by atoms with Crippen LogP contribution in [0.3, 0.4) is 0 Å². The number of rotatable bonds is 50. The number of hydrogen-bond acceptors (Lipinski definition) is 6. The second kappa shape index (κ2) is 57.4. The SMILES string of the molecule is CC\C=C/C=C\C=C/C=C\C=C\C=C/C=C\CCCCCC(=O)OCC(COC(=O)CCCCCCC/C=C\CCCCCCCCC)OC(=O)CCCCCCCCC/C=C\C/C=C\CCCCC. The number of allylic oxidation sites excluding steroid dienone is 20. The summed E-state index contributed by atoms with van der Waals surface area (Å²) in [5, 5.41) is 0. The Morgan fingerprint density at radius 1 is 0.314 bits per heavy atom. The molecule has 0 saturated carbocycles. The predicted molar refractivity (Wildman–Crippen MR) is 302 cm³/mol. The van der Waals surface area contributed by atoms with Crippen LogP contribution in [0.25, 0.3) is 0 Å². The fourth-order valence-corrected chi connectivity index (χ4v) is 7.57. The van der Waals surface area contributed by atoms with Crippen LogP contribution >= 0.6 is 0 Å². The first-order chi connectivity index (χ1) is 34.5. The Labute approximate surface area is 431 Å². The molecule has 0 aromatic carbocycles. The molecule has 1 unspecified atom stereocenters. The van der Waals surface area contributed by atoms with E-state index in [0.29, 0.717) is 19.3 Å². The fourth-order valence-electron chi connectivity index (χ4n) is 7.57. The minimum atomic E-state index is -0.809. The molecule has 1 atom stereocenters. The second-order valence-corrected chi connectivity index (χ2v) is 18.6. The van der Waals surface area contributed by atoms with Crippen molar-refractivity contribution < 1.29 is 28.6 Å². The molecular weight excluding hydrogens is 865 g/mol. The van der Waals surface area contributed by atoms with Crippen molar-refractivity contribution in [3.63, 3.8) is 0 Å². The van der Waals surface area contributed by atoms with E-state index in [2.05, 4.69) is 69.4 Å². The smallest absolute Gasteiger partial charge is 0.306 e. The van der Waals surface area contributed by atoms with Crippen LogP contribution < -0.4 is 0 Å². The van der Waals surface area contributed by atoms with Crippen LogP contribution in [-0.4, -0.2) is 37.2 Å². The molecule has 0 spiro atoms. The zero-order valence-corrected chi connectivity index (χ0v) is 45.2. The average Bonchev–Trinajstić information content (AvgIpc) is 3.36. The number of unbranched alkanes of at least 4 members (excludes halogenated alkanes) is 25. The molecule has 6 heteroatoms. The molecule has 396 valence electrons. The standard InChI is InChI=1S/C64H104O6/c1-4-7-10-13-16-19-22-25-28-31-32-34-36-39-42-45-48-51-54-57-63(66)69-60-61(59-68-62(65)56-53-50-47-44-41-38-35-30-27-24-21-18-15-12-9-6-3)70-64(67)58-55-52-49-46-43-40-37-33-29-26-23-20-17-14-11-8-5-2/h7,10,13,16-17,19-20,22,25-26,28-32,34-36,39,42,61H,4-6,8-9,11-12,14-15,18,21,23-24,27,33,37-38,40-41,43-60H2,1-3H3/b10-7-,16-13-,20-17-,22-19-,28-25-,29-26-,32-31+,35-30-,36-34-,42-39-. The summed E-state index contributed by atoms with van der Waals surface area (Å²) in [6.07, 6.45) is 78.9. The van der Waals surface area contributed by atoms with Crippen LogP contribution in [0.5, 0.6) is 0 Å². The monoisotopic (exact) mass is 969 g/mol. The van der Waals surface area contributed by atoms with Gasteiger partial charge in [0.2, 0.25) is 0 Å². The molecule has 0 saturated heterocycles. The number of esters is 3. The molecule has 0 heterocycles. The Balaban J connectivity index is 4.53. The van der Waals surface area contributed by atoms with Crippen molar-refractivity contribution in [1.82, 2.24) is 0 Å². The summed E-state index contributed by atoms with van der Waals surface area (Å²) >= 11 is 0. The van der Waals surface area contributed by atoms with Crippen molar-refractivity contribution in [2.75, 3.05) is 13.2 Å². The predicted octanol–water partition coefficient (Wildman–Crippen LogP) is 19.3. The highest BCUT2D eigenvalue weighted by Gasteiger charge is 2.19. The Morgan fingerprint density at radius 2 is 0.614 bits per heavy atom. The topological polar surface area (TPSA) is 78.9 Å². The van der Waals surface area contributed by atoms with Gasteiger partial charge in [0, 0.05) is 19.3 Å². The van der Waals surface area contributed by atoms with Gasteiger partial charge in [-0.05, 0) is 96.3 Å². The maximum atomic E-state index is 12.9. The van der Waals surface area contributed by atoms with Gasteiger partial charge in [-0.2, -0.15) is 0 Å². The summed E-state index contributed by atoms with van der Waals surface area (Å²) in [5.74, 6) is -0.966. The first-order valence-electron chi connectivity index (χ1n) is 28.6. The van der Waals surface area contributed by atoms with Crippen LogP contribution in [0, 0.1) is 0 Å². The van der Waals surface area contributed by atoms with Gasteiger partial charge in [-0.25, -0.2) is 0 Å². The summed E-state index contributed by atoms with van der Waals surface area (Å²) < 4.78 is 16.8. The molecule has 0 aromatic rings. The van der Waals surface area contributed by atoms with Crippen molar-refractivity contribution in [3.8, 4) is 0 Å². The maximum Gasteiger partial charge on any atom is 0.306 e. The molecule has 0 rings (SSSR count). The number of hydrogen-bond donors (Lipinski definition) is 0. The molecule has 0 bridgehead atoms. The third kappa shape index (κ3) is 54.7. The fraction of sp³-hybridized carbons (Fsp3) is 0.641. The molecule has 0 amide bonds. The highest BCUT2D eigenvalue weighted by Crippen LogP contribution is 2.14. The first-order valence-corrected chi connectivity index (χ1v) is 28.6. The highest BCUT2D eigenvalue weighted by atomic mass is 16.6. The Bertz CT molecular complexity index is 1490. The van der Waals surface area contributed by atoms with Crippen molar-refractivity contribution in [3.05, 3.63) is 122 Å². The maximum absolute atomic E-state index is 12.9. The van der Waals surface area contributed by atoms with E-state index in [1.165, 1.54) is 109 Å². The minimum absolute atomic E-state index is 0.103. The highest BCUT2D eigenvalue weighted by molar-refractivity contribution is 5.71. The summed E-state index contributed by atoms with van der Waals surface area (Å²) in [6.45, 7) is 6.41. The Morgan fingerprint density at radius 3 is 1.04 bits per heavy atom. The van der Waals surface area contributed by atoms with Gasteiger partial charge in [-0.15, -0.1) is 0 Å². The quantitative estimate of drug-likeness (QED) is 0.0199. The van der Waals surface area contributed by atoms with E-state index >= 15 is 0 Å². The summed E-state index contributed by atoms with van der Waals surface area (Å²) in [6, 6.07) is 0. The van der Waals surface area contributed by atoms with Gasteiger partial charge >= 0.3 is 17.9 Å². The zero-order chi connectivity index (χ0) is 50.7. The molecule has 0 fully saturated rings. The minimum Gasteiger partial charge on any atom is -0.462 e. The first kappa shape index (κ1) is 65.8. The third-order valence-corrected chi connectivity index (χ3v) is 11.9. The molecular formula is C64H104O6. The second-order valence-electron chi connectivity index (χ2n) is 18.6. The van der Waals surface area contributed by atoms with Crippen LogP contribution in [0.1, 0.15) is 245 Å². The van der Waals surface area contributed by atoms with Gasteiger partial charge < -0.3 is 14.2 Å². The Kier molecular flexibility index (Phi) is 54.0. The van der Waals surface area contributed by atoms with Gasteiger partial charge in [0.05, 0.1) is 0 Å². The van der Waals surface area contributed by atoms with Gasteiger partial charge in [0.1, 0.15) is 13.2 Å². The largest absolute Gasteiger partial charge is 0.462 e. The molecule has 0 N–H and O–H groups in total. The molecule has 0 aromatic heterocycles. The van der Waals surface area contributed by atoms with E-state index in [1.807, 2.05) is 72.9 Å². The molecule has 6 nitrogen and oxygen atoms in total. The van der Waals surface area contributed by atoms with E-state index in [9.17, 15) is 14.4 Å². The van der Waals surface area contributed by atoms with E-state index in [0.717, 1.165) is 96.3 Å². The lowest BCUT2D eigenvalue weighted by Gasteiger charge is -2.18. The molecule has 70 heavy (non-hydrogen) atoms. The van der Waals surface area contributed by atoms with Crippen LogP contribution in [-0.2, 0) is 28.6 Å². The van der Waals surface area contributed by atoms with Crippen LogP contribution in [0.15, 0.2) is 122 Å². The van der Waals surface area contributed by atoms with Crippen LogP contribution in [0.4, 0.5) is 0 Å². The van der Waals surface area contributed by atoms with Crippen LogP contribution in [0.2, 0.25) is 0 Å². The summed E-state index contributed by atoms with van der Waals surface area (Å²) in [5.41, 5.74) is 0. The number of carbonyl (C=O) groups excluding carboxylic acids is 3. The molecule has 0 aliphatic rings. The Hall–Kier alpha value is -4.19.